The normalized spacial score (nSPS) is 10.3. The Morgan fingerprint density at radius 3 is 2.54 bits per heavy atom. The van der Waals surface area contributed by atoms with Crippen molar-refractivity contribution in [2.75, 3.05) is 19.0 Å². The van der Waals surface area contributed by atoms with E-state index in [9.17, 15) is 18.4 Å². The zero-order chi connectivity index (χ0) is 19.1. The van der Waals surface area contributed by atoms with E-state index >= 15 is 0 Å². The van der Waals surface area contributed by atoms with Gasteiger partial charge in [0.15, 0.2) is 11.5 Å². The summed E-state index contributed by atoms with van der Waals surface area (Å²) in [5.41, 5.74) is 1.76. The van der Waals surface area contributed by atoms with Crippen LogP contribution in [0.2, 0.25) is 0 Å². The first-order chi connectivity index (χ1) is 12.4. The first kappa shape index (κ1) is 19.2. The van der Waals surface area contributed by atoms with E-state index < -0.39 is 18.4 Å². The number of aryl methyl sites for hydroxylation is 1. The molecule has 0 aromatic heterocycles. The highest BCUT2D eigenvalue weighted by Crippen LogP contribution is 2.29. The highest BCUT2D eigenvalue weighted by Gasteiger charge is 2.15. The Hall–Kier alpha value is -3.16. The molecule has 0 bridgehead atoms. The lowest BCUT2D eigenvalue weighted by Gasteiger charge is -2.11. The van der Waals surface area contributed by atoms with Crippen LogP contribution in [0, 0.1) is 6.92 Å². The van der Waals surface area contributed by atoms with E-state index in [-0.39, 0.29) is 23.6 Å². The third-order valence-electron chi connectivity index (χ3n) is 3.35. The van der Waals surface area contributed by atoms with Gasteiger partial charge in [-0.1, -0.05) is 12.1 Å². The van der Waals surface area contributed by atoms with Gasteiger partial charge in [-0.3, -0.25) is 9.59 Å². The zero-order valence-corrected chi connectivity index (χ0v) is 14.2. The van der Waals surface area contributed by atoms with Crippen LogP contribution in [0.4, 0.5) is 14.5 Å². The minimum atomic E-state index is -3.01. The van der Waals surface area contributed by atoms with E-state index in [1.807, 2.05) is 13.0 Å². The molecular formula is C18H18F2N2O4. The SMILES string of the molecule is COc1cc(C(=O)NCC(=O)Nc2cccc(C)c2)ccc1OC(F)F. The lowest BCUT2D eigenvalue weighted by molar-refractivity contribution is -0.115. The average Bonchev–Trinajstić information content (AvgIpc) is 2.59. The molecule has 0 aliphatic rings. The van der Waals surface area contributed by atoms with Crippen molar-refractivity contribution in [3.63, 3.8) is 0 Å². The van der Waals surface area contributed by atoms with Crippen molar-refractivity contribution in [2.45, 2.75) is 13.5 Å². The van der Waals surface area contributed by atoms with Crippen LogP contribution >= 0.6 is 0 Å². The summed E-state index contributed by atoms with van der Waals surface area (Å²) in [7, 11) is 1.27. The summed E-state index contributed by atoms with van der Waals surface area (Å²) in [5, 5.41) is 5.11. The maximum absolute atomic E-state index is 12.3. The molecular weight excluding hydrogens is 346 g/mol. The number of halogens is 2. The van der Waals surface area contributed by atoms with Crippen LogP contribution in [0.3, 0.4) is 0 Å². The van der Waals surface area contributed by atoms with Crippen molar-refractivity contribution in [3.8, 4) is 11.5 Å². The van der Waals surface area contributed by atoms with Crippen molar-refractivity contribution in [1.82, 2.24) is 5.32 Å². The van der Waals surface area contributed by atoms with E-state index in [1.54, 1.807) is 18.2 Å². The first-order valence-corrected chi connectivity index (χ1v) is 7.66. The summed E-state index contributed by atoms with van der Waals surface area (Å²) in [6.45, 7) is -1.36. The number of nitrogens with one attached hydrogen (secondary N) is 2. The Morgan fingerprint density at radius 2 is 1.88 bits per heavy atom. The van der Waals surface area contributed by atoms with Crippen LogP contribution in [-0.4, -0.2) is 32.1 Å². The second-order valence-corrected chi connectivity index (χ2v) is 5.34. The number of benzene rings is 2. The second-order valence-electron chi connectivity index (χ2n) is 5.34. The van der Waals surface area contributed by atoms with Gasteiger partial charge in [0.2, 0.25) is 5.91 Å². The van der Waals surface area contributed by atoms with Crippen LogP contribution in [-0.2, 0) is 4.79 Å². The number of ether oxygens (including phenoxy) is 2. The molecule has 2 aromatic carbocycles. The Bertz CT molecular complexity index is 797. The summed E-state index contributed by atoms with van der Waals surface area (Å²) in [6, 6.07) is 11.0. The molecule has 2 N–H and O–H groups in total. The van der Waals surface area contributed by atoms with Crippen LogP contribution in [0.15, 0.2) is 42.5 Å². The number of amides is 2. The minimum absolute atomic E-state index is 0.0119. The van der Waals surface area contributed by atoms with E-state index in [0.29, 0.717) is 5.69 Å². The fourth-order valence-corrected chi connectivity index (χ4v) is 2.19. The van der Waals surface area contributed by atoms with Gasteiger partial charge in [-0.25, -0.2) is 0 Å². The molecule has 26 heavy (non-hydrogen) atoms. The van der Waals surface area contributed by atoms with Crippen molar-refractivity contribution in [2.24, 2.45) is 0 Å². The van der Waals surface area contributed by atoms with Gasteiger partial charge in [-0.2, -0.15) is 8.78 Å². The van der Waals surface area contributed by atoms with Crippen LogP contribution in [0.25, 0.3) is 0 Å². The first-order valence-electron chi connectivity index (χ1n) is 7.66. The number of alkyl halides is 2. The highest BCUT2D eigenvalue weighted by atomic mass is 19.3. The van der Waals surface area contributed by atoms with Gasteiger partial charge < -0.3 is 20.1 Å². The summed E-state index contributed by atoms with van der Waals surface area (Å²) < 4.78 is 33.8. The molecule has 8 heteroatoms. The largest absolute Gasteiger partial charge is 0.493 e. The number of anilines is 1. The molecule has 0 atom stereocenters. The summed E-state index contributed by atoms with van der Waals surface area (Å²) >= 11 is 0. The highest BCUT2D eigenvalue weighted by molar-refractivity contribution is 5.99. The quantitative estimate of drug-likeness (QED) is 0.792. The second kappa shape index (κ2) is 8.80. The Balaban J connectivity index is 1.95. The smallest absolute Gasteiger partial charge is 0.387 e. The Kier molecular flexibility index (Phi) is 6.48. The fraction of sp³-hybridized carbons (Fsp3) is 0.222. The third-order valence-corrected chi connectivity index (χ3v) is 3.35. The third kappa shape index (κ3) is 5.44. The van der Waals surface area contributed by atoms with E-state index in [1.165, 1.54) is 25.3 Å². The summed E-state index contributed by atoms with van der Waals surface area (Å²) in [4.78, 5) is 24.0. The average molecular weight is 364 g/mol. The molecule has 2 aromatic rings. The van der Waals surface area contributed by atoms with Gasteiger partial charge in [0, 0.05) is 11.3 Å². The number of carbonyl (C=O) groups is 2. The van der Waals surface area contributed by atoms with Gasteiger partial charge in [-0.05, 0) is 42.8 Å². The number of rotatable bonds is 7. The number of hydrogen-bond donors (Lipinski definition) is 2. The standard InChI is InChI=1S/C18H18F2N2O4/c1-11-4-3-5-13(8-11)22-16(23)10-21-17(24)12-6-7-14(26-18(19)20)15(9-12)25-2/h3-9,18H,10H2,1-2H3,(H,21,24)(H,22,23). The van der Waals surface area contributed by atoms with Crippen molar-refractivity contribution >= 4 is 17.5 Å². The molecule has 0 saturated carbocycles. The molecule has 2 amide bonds. The molecule has 0 aliphatic heterocycles. The van der Waals surface area contributed by atoms with Crippen molar-refractivity contribution in [1.29, 1.82) is 0 Å². The minimum Gasteiger partial charge on any atom is -0.493 e. The van der Waals surface area contributed by atoms with Crippen molar-refractivity contribution < 1.29 is 27.8 Å². The van der Waals surface area contributed by atoms with Gasteiger partial charge in [-0.15, -0.1) is 0 Å². The fourth-order valence-electron chi connectivity index (χ4n) is 2.19. The Morgan fingerprint density at radius 1 is 1.12 bits per heavy atom. The zero-order valence-electron chi connectivity index (χ0n) is 14.2. The molecule has 6 nitrogen and oxygen atoms in total. The number of hydrogen-bond acceptors (Lipinski definition) is 4. The Labute approximate surface area is 149 Å². The lowest BCUT2D eigenvalue weighted by Crippen LogP contribution is -2.32. The molecule has 0 fully saturated rings. The van der Waals surface area contributed by atoms with Crippen molar-refractivity contribution in [3.05, 3.63) is 53.6 Å². The molecule has 0 aliphatic carbocycles. The molecule has 0 unspecified atom stereocenters. The monoisotopic (exact) mass is 364 g/mol. The molecule has 0 saturated heterocycles. The predicted molar refractivity (Wildman–Crippen MR) is 91.8 cm³/mol. The molecule has 2 rings (SSSR count). The van der Waals surface area contributed by atoms with Gasteiger partial charge >= 0.3 is 6.61 Å². The van der Waals surface area contributed by atoms with Gasteiger partial charge in [0.05, 0.1) is 13.7 Å². The molecule has 0 spiro atoms. The maximum Gasteiger partial charge on any atom is 0.387 e. The topological polar surface area (TPSA) is 76.7 Å². The van der Waals surface area contributed by atoms with Crippen LogP contribution in [0.1, 0.15) is 15.9 Å². The molecule has 138 valence electrons. The van der Waals surface area contributed by atoms with E-state index in [4.69, 9.17) is 4.74 Å². The molecule has 0 radical (unpaired) electrons. The lowest BCUT2D eigenvalue weighted by atomic mass is 10.2. The number of methoxy groups -OCH3 is 1. The number of carbonyl (C=O) groups excluding carboxylic acids is 2. The van der Waals surface area contributed by atoms with Crippen LogP contribution in [0.5, 0.6) is 11.5 Å². The van der Waals surface area contributed by atoms with Crippen LogP contribution < -0.4 is 20.1 Å². The summed E-state index contributed by atoms with van der Waals surface area (Å²) in [5.74, 6) is -1.14. The van der Waals surface area contributed by atoms with E-state index in [2.05, 4.69) is 15.4 Å². The van der Waals surface area contributed by atoms with Gasteiger partial charge in [0.1, 0.15) is 0 Å². The van der Waals surface area contributed by atoms with Gasteiger partial charge in [0.25, 0.3) is 5.91 Å². The maximum atomic E-state index is 12.3. The molecule has 0 heterocycles. The predicted octanol–water partition coefficient (Wildman–Crippen LogP) is 2.97. The van der Waals surface area contributed by atoms with E-state index in [0.717, 1.165) is 5.56 Å². The summed E-state index contributed by atoms with van der Waals surface area (Å²) in [6.07, 6.45) is 0.